The SMILES string of the molecule is CC1(C)[C@H](C(=O)OC(c2cccc(Oc3ccccc3)n2)C(F)(F)F)[C@@H]1C=C(Cl)C(F)(F)F. The van der Waals surface area contributed by atoms with Crippen LogP contribution in [0.25, 0.3) is 0 Å². The standard InChI is InChI=1S/C22H18ClF6NO3/c1-20(2)13(11-15(23)21(24,25)26)17(20)19(31)33-18(22(27,28)29)14-9-6-10-16(30-14)32-12-7-4-3-5-8-12/h3-11,13,17-18H,1-2H3/t13-,17-,18?/m0/s1. The Bertz CT molecular complexity index is 1040. The van der Waals surface area contributed by atoms with Crippen molar-refractivity contribution in [3.8, 4) is 11.6 Å². The number of carbonyl (C=O) groups excluding carboxylic acids is 1. The van der Waals surface area contributed by atoms with Gasteiger partial charge in [-0.2, -0.15) is 26.3 Å². The molecular weight excluding hydrogens is 476 g/mol. The van der Waals surface area contributed by atoms with Crippen LogP contribution in [0.3, 0.4) is 0 Å². The molecule has 11 heteroatoms. The maximum Gasteiger partial charge on any atom is 0.431 e. The monoisotopic (exact) mass is 493 g/mol. The van der Waals surface area contributed by atoms with E-state index in [0.29, 0.717) is 11.8 Å². The first-order valence-electron chi connectivity index (χ1n) is 9.63. The molecule has 0 radical (unpaired) electrons. The number of hydrogen-bond donors (Lipinski definition) is 0. The Labute approximate surface area is 190 Å². The van der Waals surface area contributed by atoms with E-state index in [1.807, 2.05) is 0 Å². The Kier molecular flexibility index (Phi) is 6.70. The average molecular weight is 494 g/mol. The number of alkyl halides is 6. The van der Waals surface area contributed by atoms with Gasteiger partial charge in [-0.05, 0) is 29.5 Å². The number of halogens is 7. The minimum Gasteiger partial charge on any atom is -0.446 e. The number of rotatable bonds is 6. The third-order valence-corrected chi connectivity index (χ3v) is 5.61. The summed E-state index contributed by atoms with van der Waals surface area (Å²) in [7, 11) is 0. The summed E-state index contributed by atoms with van der Waals surface area (Å²) < 4.78 is 89.5. The highest BCUT2D eigenvalue weighted by atomic mass is 35.5. The van der Waals surface area contributed by atoms with Crippen LogP contribution >= 0.6 is 11.6 Å². The van der Waals surface area contributed by atoms with Crippen LogP contribution in [0.4, 0.5) is 26.3 Å². The molecule has 0 aliphatic heterocycles. The number of benzene rings is 1. The summed E-state index contributed by atoms with van der Waals surface area (Å²) >= 11 is 5.23. The van der Waals surface area contributed by atoms with E-state index in [0.717, 1.165) is 6.07 Å². The molecule has 1 unspecified atom stereocenters. The minimum absolute atomic E-state index is 0.159. The highest BCUT2D eigenvalue weighted by molar-refractivity contribution is 6.30. The number of hydrogen-bond acceptors (Lipinski definition) is 4. The first-order chi connectivity index (χ1) is 15.2. The van der Waals surface area contributed by atoms with Gasteiger partial charge in [-0.3, -0.25) is 4.79 Å². The Morgan fingerprint density at radius 2 is 1.70 bits per heavy atom. The fourth-order valence-corrected chi connectivity index (χ4v) is 3.55. The molecule has 1 saturated carbocycles. The lowest BCUT2D eigenvalue weighted by Gasteiger charge is -2.21. The van der Waals surface area contributed by atoms with Crippen LogP contribution in [0.1, 0.15) is 25.6 Å². The molecule has 4 nitrogen and oxygen atoms in total. The maximum atomic E-state index is 13.7. The molecule has 0 bridgehead atoms. The lowest BCUT2D eigenvalue weighted by Crippen LogP contribution is -2.28. The van der Waals surface area contributed by atoms with Gasteiger partial charge in [0.25, 0.3) is 0 Å². The van der Waals surface area contributed by atoms with Crippen LogP contribution in [-0.4, -0.2) is 23.3 Å². The molecule has 0 N–H and O–H groups in total. The molecule has 0 amide bonds. The minimum atomic E-state index is -5.03. The smallest absolute Gasteiger partial charge is 0.431 e. The van der Waals surface area contributed by atoms with Crippen molar-refractivity contribution >= 4 is 17.6 Å². The normalized spacial score (nSPS) is 21.3. The van der Waals surface area contributed by atoms with Crippen molar-refractivity contribution < 1.29 is 40.6 Å². The Balaban J connectivity index is 1.81. The molecule has 3 atom stereocenters. The van der Waals surface area contributed by atoms with E-state index in [-0.39, 0.29) is 5.88 Å². The van der Waals surface area contributed by atoms with Gasteiger partial charge in [0, 0.05) is 6.07 Å². The predicted molar refractivity (Wildman–Crippen MR) is 106 cm³/mol. The molecule has 1 fully saturated rings. The number of aromatic nitrogens is 1. The topological polar surface area (TPSA) is 48.4 Å². The summed E-state index contributed by atoms with van der Waals surface area (Å²) in [4.78, 5) is 16.3. The van der Waals surface area contributed by atoms with Gasteiger partial charge >= 0.3 is 18.3 Å². The van der Waals surface area contributed by atoms with Crippen molar-refractivity contribution in [3.05, 3.63) is 65.3 Å². The summed E-state index contributed by atoms with van der Waals surface area (Å²) in [6.45, 7) is 2.88. The summed E-state index contributed by atoms with van der Waals surface area (Å²) in [6, 6.07) is 11.8. The van der Waals surface area contributed by atoms with Crippen LogP contribution in [0.15, 0.2) is 59.6 Å². The van der Waals surface area contributed by atoms with Gasteiger partial charge in [-0.15, -0.1) is 0 Å². The van der Waals surface area contributed by atoms with Gasteiger partial charge in [0.05, 0.1) is 11.6 Å². The van der Waals surface area contributed by atoms with Crippen LogP contribution in [0, 0.1) is 17.3 Å². The summed E-state index contributed by atoms with van der Waals surface area (Å²) in [5, 5.41) is -1.45. The Hall–Kier alpha value is -2.75. The highest BCUT2D eigenvalue weighted by Gasteiger charge is 2.63. The van der Waals surface area contributed by atoms with E-state index in [1.54, 1.807) is 30.3 Å². The summed E-state index contributed by atoms with van der Waals surface area (Å²) in [5.74, 6) is -3.39. The van der Waals surface area contributed by atoms with E-state index in [2.05, 4.69) is 4.98 Å². The Morgan fingerprint density at radius 3 is 2.27 bits per heavy atom. The van der Waals surface area contributed by atoms with E-state index in [9.17, 15) is 31.1 Å². The molecule has 178 valence electrons. The second kappa shape index (κ2) is 8.89. The fraction of sp³-hybridized carbons (Fsp3) is 0.364. The largest absolute Gasteiger partial charge is 0.446 e. The molecular formula is C22H18ClF6NO3. The lowest BCUT2D eigenvalue weighted by molar-refractivity contribution is -0.226. The average Bonchev–Trinajstić information content (AvgIpc) is 3.25. The maximum absolute atomic E-state index is 13.7. The van der Waals surface area contributed by atoms with Gasteiger partial charge in [-0.25, -0.2) is 4.98 Å². The molecule has 0 spiro atoms. The lowest BCUT2D eigenvalue weighted by atomic mass is 10.1. The van der Waals surface area contributed by atoms with Gasteiger partial charge in [-0.1, -0.05) is 55.8 Å². The molecule has 1 aromatic heterocycles. The quantitative estimate of drug-likeness (QED) is 0.322. The van der Waals surface area contributed by atoms with E-state index in [1.165, 1.54) is 26.0 Å². The molecule has 2 aromatic rings. The third kappa shape index (κ3) is 5.79. The number of para-hydroxylation sites is 1. The third-order valence-electron chi connectivity index (χ3n) is 5.27. The molecule has 1 aromatic carbocycles. The van der Waals surface area contributed by atoms with Crippen molar-refractivity contribution in [2.75, 3.05) is 0 Å². The molecule has 1 aliphatic carbocycles. The first-order valence-corrected chi connectivity index (χ1v) is 10.0. The number of allylic oxidation sites excluding steroid dienone is 2. The van der Waals surface area contributed by atoms with Crippen molar-refractivity contribution in [3.63, 3.8) is 0 Å². The fourth-order valence-electron chi connectivity index (χ4n) is 3.42. The molecule has 1 heterocycles. The molecule has 3 rings (SSSR count). The van der Waals surface area contributed by atoms with Crippen LogP contribution in [0.2, 0.25) is 0 Å². The summed E-state index contributed by atoms with van der Waals surface area (Å²) in [6.07, 6.45) is -12.0. The van der Waals surface area contributed by atoms with Gasteiger partial charge < -0.3 is 9.47 Å². The zero-order valence-corrected chi connectivity index (χ0v) is 18.0. The number of pyridine rings is 1. The van der Waals surface area contributed by atoms with Gasteiger partial charge in [0.2, 0.25) is 12.0 Å². The second-order valence-electron chi connectivity index (χ2n) is 8.01. The Morgan fingerprint density at radius 1 is 1.06 bits per heavy atom. The number of esters is 1. The van der Waals surface area contributed by atoms with E-state index < -0.39 is 52.4 Å². The summed E-state index contributed by atoms with van der Waals surface area (Å²) in [5.41, 5.74) is -1.70. The highest BCUT2D eigenvalue weighted by Crippen LogP contribution is 2.61. The zero-order valence-electron chi connectivity index (χ0n) is 17.2. The number of ether oxygens (including phenoxy) is 2. The van der Waals surface area contributed by atoms with E-state index >= 15 is 0 Å². The second-order valence-corrected chi connectivity index (χ2v) is 8.42. The van der Waals surface area contributed by atoms with Crippen molar-refractivity contribution in [1.29, 1.82) is 0 Å². The van der Waals surface area contributed by atoms with Crippen molar-refractivity contribution in [2.45, 2.75) is 32.3 Å². The van der Waals surface area contributed by atoms with Gasteiger partial charge in [0.15, 0.2) is 0 Å². The molecule has 33 heavy (non-hydrogen) atoms. The zero-order chi connectivity index (χ0) is 24.6. The van der Waals surface area contributed by atoms with Gasteiger partial charge in [0.1, 0.15) is 10.8 Å². The van der Waals surface area contributed by atoms with E-state index in [4.69, 9.17) is 21.1 Å². The van der Waals surface area contributed by atoms with Crippen LogP contribution < -0.4 is 4.74 Å². The van der Waals surface area contributed by atoms with Crippen LogP contribution in [-0.2, 0) is 9.53 Å². The van der Waals surface area contributed by atoms with Crippen molar-refractivity contribution in [2.24, 2.45) is 17.3 Å². The molecule has 0 saturated heterocycles. The predicted octanol–water partition coefficient (Wildman–Crippen LogP) is 6.98. The number of carbonyl (C=O) groups is 1. The van der Waals surface area contributed by atoms with Crippen molar-refractivity contribution in [1.82, 2.24) is 4.98 Å². The first kappa shape index (κ1) is 24.9. The van der Waals surface area contributed by atoms with Crippen LogP contribution in [0.5, 0.6) is 11.6 Å². The number of nitrogens with zero attached hydrogens (tertiary/aromatic N) is 1. The molecule has 1 aliphatic rings.